The molecule has 0 saturated carbocycles. The van der Waals surface area contributed by atoms with Crippen LogP contribution in [0.1, 0.15) is 27.0 Å². The maximum atomic E-state index is 12.4. The van der Waals surface area contributed by atoms with E-state index in [1.807, 2.05) is 13.8 Å². The van der Waals surface area contributed by atoms with E-state index in [4.69, 9.17) is 11.6 Å². The fourth-order valence-corrected chi connectivity index (χ4v) is 2.60. The van der Waals surface area contributed by atoms with Crippen molar-refractivity contribution in [1.82, 2.24) is 5.32 Å². The first-order valence-corrected chi connectivity index (χ1v) is 7.75. The van der Waals surface area contributed by atoms with Crippen LogP contribution in [0.4, 0.5) is 0 Å². The van der Waals surface area contributed by atoms with E-state index in [1.54, 1.807) is 36.4 Å². The predicted molar refractivity (Wildman–Crippen MR) is 91.1 cm³/mol. The number of carbonyl (C=O) groups is 1. The molecule has 4 nitrogen and oxygen atoms in total. The predicted octanol–water partition coefficient (Wildman–Crippen LogP) is 3.00. The number of carbonyl (C=O) groups excluding carboxylic acids is 1. The van der Waals surface area contributed by atoms with Crippen molar-refractivity contribution >= 4 is 17.5 Å². The Hall–Kier alpha value is -2.04. The normalized spacial score (nSPS) is 12.0. The van der Waals surface area contributed by atoms with Crippen LogP contribution in [0.3, 0.4) is 0 Å². The minimum absolute atomic E-state index is 0.181. The molecule has 0 spiro atoms. The van der Waals surface area contributed by atoms with Crippen LogP contribution in [0.5, 0.6) is 5.75 Å². The number of hydrogen-bond donors (Lipinski definition) is 3. The molecule has 0 radical (unpaired) electrons. The molecule has 2 aromatic rings. The van der Waals surface area contributed by atoms with Gasteiger partial charge >= 0.3 is 0 Å². The number of halogens is 1. The van der Waals surface area contributed by atoms with Crippen LogP contribution in [0.25, 0.3) is 0 Å². The smallest absolute Gasteiger partial charge is 0.253 e. The van der Waals surface area contributed by atoms with Crippen LogP contribution < -0.4 is 5.32 Å². The average Bonchev–Trinajstić information content (AvgIpc) is 2.52. The molecule has 0 aliphatic rings. The third kappa shape index (κ3) is 4.47. The molecule has 2 rings (SSSR count). The van der Waals surface area contributed by atoms with Gasteiger partial charge in [-0.1, -0.05) is 23.7 Å². The third-order valence-corrected chi connectivity index (χ3v) is 4.11. The van der Waals surface area contributed by atoms with Gasteiger partial charge in [0.25, 0.3) is 5.91 Å². The second-order valence-corrected chi connectivity index (χ2v) is 6.05. The average molecular weight is 334 g/mol. The Bertz CT molecular complexity index is 698. The van der Waals surface area contributed by atoms with Crippen molar-refractivity contribution in [2.75, 3.05) is 6.61 Å². The molecule has 3 N–H and O–H groups in total. The van der Waals surface area contributed by atoms with Crippen LogP contribution in [0.15, 0.2) is 36.4 Å². The molecule has 0 fully saturated rings. The summed E-state index contributed by atoms with van der Waals surface area (Å²) in [6.45, 7) is 3.67. The Labute approximate surface area is 140 Å². The van der Waals surface area contributed by atoms with Gasteiger partial charge in [0, 0.05) is 0 Å². The summed E-state index contributed by atoms with van der Waals surface area (Å²) in [7, 11) is 0. The van der Waals surface area contributed by atoms with Gasteiger partial charge in [-0.15, -0.1) is 0 Å². The number of benzene rings is 2. The van der Waals surface area contributed by atoms with Gasteiger partial charge in [-0.3, -0.25) is 4.79 Å². The number of phenols is 1. The summed E-state index contributed by atoms with van der Waals surface area (Å²) in [5.74, 6) is -0.129. The molecule has 2 aromatic carbocycles. The first kappa shape index (κ1) is 17.3. The van der Waals surface area contributed by atoms with E-state index in [9.17, 15) is 15.0 Å². The number of phenolic OH excluding ortho intramolecular Hbond substituents is 1. The highest BCUT2D eigenvalue weighted by molar-refractivity contribution is 6.34. The zero-order valence-electron chi connectivity index (χ0n) is 13.1. The minimum atomic E-state index is -0.426. The number of nitrogens with one attached hydrogen (secondary N) is 1. The number of rotatable bonds is 5. The molecule has 0 heterocycles. The standard InChI is InChI=1S/C18H20ClNO3/c1-11-7-16(17(19)8-12(11)2)18(23)20-14(10-21)9-13-3-5-15(22)6-4-13/h3-8,14,21-22H,9-10H2,1-2H3,(H,20,23)/t14-/m0/s1. The van der Waals surface area contributed by atoms with E-state index in [2.05, 4.69) is 5.32 Å². The number of aryl methyl sites for hydroxylation is 2. The topological polar surface area (TPSA) is 69.6 Å². The summed E-state index contributed by atoms with van der Waals surface area (Å²) in [5.41, 5.74) is 3.32. The molecule has 122 valence electrons. The quantitative estimate of drug-likeness (QED) is 0.787. The van der Waals surface area contributed by atoms with E-state index < -0.39 is 6.04 Å². The van der Waals surface area contributed by atoms with Gasteiger partial charge in [0.2, 0.25) is 0 Å². The second-order valence-electron chi connectivity index (χ2n) is 5.64. The molecule has 23 heavy (non-hydrogen) atoms. The maximum absolute atomic E-state index is 12.4. The molecule has 1 amide bonds. The van der Waals surface area contributed by atoms with E-state index in [1.165, 1.54) is 0 Å². The van der Waals surface area contributed by atoms with Crippen molar-refractivity contribution in [2.24, 2.45) is 0 Å². The van der Waals surface area contributed by atoms with Gasteiger partial charge in [0.05, 0.1) is 23.2 Å². The highest BCUT2D eigenvalue weighted by Gasteiger charge is 2.17. The lowest BCUT2D eigenvalue weighted by atomic mass is 10.0. The van der Waals surface area contributed by atoms with Crippen molar-refractivity contribution in [2.45, 2.75) is 26.3 Å². The molecule has 5 heteroatoms. The highest BCUT2D eigenvalue weighted by Crippen LogP contribution is 2.21. The second kappa shape index (κ2) is 7.49. The van der Waals surface area contributed by atoms with Gasteiger partial charge in [-0.25, -0.2) is 0 Å². The highest BCUT2D eigenvalue weighted by atomic mass is 35.5. The Morgan fingerprint density at radius 2 is 1.78 bits per heavy atom. The van der Waals surface area contributed by atoms with Crippen LogP contribution in [-0.2, 0) is 6.42 Å². The summed E-state index contributed by atoms with van der Waals surface area (Å²) in [4.78, 5) is 12.4. The minimum Gasteiger partial charge on any atom is -0.508 e. The molecular formula is C18H20ClNO3. The summed E-state index contributed by atoms with van der Waals surface area (Å²) in [6, 6.07) is 9.75. The van der Waals surface area contributed by atoms with Gasteiger partial charge in [0.15, 0.2) is 0 Å². The Balaban J connectivity index is 2.10. The number of aliphatic hydroxyl groups is 1. The summed E-state index contributed by atoms with van der Waals surface area (Å²) in [5, 5.41) is 22.0. The molecular weight excluding hydrogens is 314 g/mol. The molecule has 0 unspecified atom stereocenters. The first-order valence-electron chi connectivity index (χ1n) is 7.37. The van der Waals surface area contributed by atoms with Crippen molar-refractivity contribution in [3.63, 3.8) is 0 Å². The van der Waals surface area contributed by atoms with Crippen molar-refractivity contribution < 1.29 is 15.0 Å². The number of hydrogen-bond acceptors (Lipinski definition) is 3. The van der Waals surface area contributed by atoms with E-state index in [-0.39, 0.29) is 18.3 Å². The zero-order valence-corrected chi connectivity index (χ0v) is 13.9. The summed E-state index contributed by atoms with van der Waals surface area (Å²) < 4.78 is 0. The largest absolute Gasteiger partial charge is 0.508 e. The zero-order chi connectivity index (χ0) is 17.0. The van der Waals surface area contributed by atoms with E-state index >= 15 is 0 Å². The van der Waals surface area contributed by atoms with Crippen LogP contribution in [0, 0.1) is 13.8 Å². The lowest BCUT2D eigenvalue weighted by Crippen LogP contribution is -2.39. The SMILES string of the molecule is Cc1cc(Cl)c(C(=O)N[C@H](CO)Cc2ccc(O)cc2)cc1C. The Kier molecular flexibility index (Phi) is 5.64. The monoisotopic (exact) mass is 333 g/mol. The van der Waals surface area contributed by atoms with Gasteiger partial charge in [-0.2, -0.15) is 0 Å². The Morgan fingerprint density at radius 3 is 2.39 bits per heavy atom. The number of amides is 1. The number of aromatic hydroxyl groups is 1. The Morgan fingerprint density at radius 1 is 1.17 bits per heavy atom. The lowest BCUT2D eigenvalue weighted by molar-refractivity contribution is 0.0916. The van der Waals surface area contributed by atoms with Gasteiger partial charge < -0.3 is 15.5 Å². The van der Waals surface area contributed by atoms with Crippen molar-refractivity contribution in [3.05, 3.63) is 63.7 Å². The lowest BCUT2D eigenvalue weighted by Gasteiger charge is -2.17. The van der Waals surface area contributed by atoms with Crippen LogP contribution >= 0.6 is 11.6 Å². The number of aliphatic hydroxyl groups excluding tert-OH is 1. The van der Waals surface area contributed by atoms with Crippen molar-refractivity contribution in [3.8, 4) is 5.75 Å². The fraction of sp³-hybridized carbons (Fsp3) is 0.278. The van der Waals surface area contributed by atoms with Gasteiger partial charge in [0.1, 0.15) is 5.75 Å². The van der Waals surface area contributed by atoms with Gasteiger partial charge in [-0.05, 0) is 61.2 Å². The fourth-order valence-electron chi connectivity index (χ4n) is 2.30. The van der Waals surface area contributed by atoms with E-state index in [0.29, 0.717) is 17.0 Å². The molecule has 0 aliphatic carbocycles. The molecule has 0 aliphatic heterocycles. The summed E-state index contributed by atoms with van der Waals surface area (Å²) in [6.07, 6.45) is 0.463. The maximum Gasteiger partial charge on any atom is 0.253 e. The molecule has 0 saturated heterocycles. The molecule has 0 bridgehead atoms. The molecule has 0 aromatic heterocycles. The molecule has 1 atom stereocenters. The third-order valence-electron chi connectivity index (χ3n) is 3.80. The van der Waals surface area contributed by atoms with E-state index in [0.717, 1.165) is 16.7 Å². The van der Waals surface area contributed by atoms with Crippen molar-refractivity contribution in [1.29, 1.82) is 0 Å². The first-order chi connectivity index (χ1) is 10.9. The summed E-state index contributed by atoms with van der Waals surface area (Å²) >= 11 is 6.15. The van der Waals surface area contributed by atoms with Crippen LogP contribution in [0.2, 0.25) is 5.02 Å². The van der Waals surface area contributed by atoms with Crippen LogP contribution in [-0.4, -0.2) is 28.8 Å².